The van der Waals surface area contributed by atoms with E-state index in [0.29, 0.717) is 6.04 Å². The Hall–Kier alpha value is -0.530. The average molecular weight is 268 g/mol. The van der Waals surface area contributed by atoms with Gasteiger partial charge in [-0.05, 0) is 37.6 Å². The standard InChI is InChI=1S/C16H26ClN/c1-4-5-6-7-8-12-16(18-3)14-10-9-11-15(17)13(14)2/h9-11,16,18H,4-8,12H2,1-3H3. The van der Waals surface area contributed by atoms with E-state index in [1.165, 1.54) is 49.7 Å². The van der Waals surface area contributed by atoms with Gasteiger partial charge in [-0.15, -0.1) is 0 Å². The van der Waals surface area contributed by atoms with Crippen LogP contribution in [0.3, 0.4) is 0 Å². The summed E-state index contributed by atoms with van der Waals surface area (Å²) in [6, 6.07) is 6.64. The van der Waals surface area contributed by atoms with Crippen molar-refractivity contribution in [3.05, 3.63) is 34.3 Å². The molecule has 1 atom stereocenters. The molecule has 1 aromatic rings. The highest BCUT2D eigenvalue weighted by Crippen LogP contribution is 2.27. The lowest BCUT2D eigenvalue weighted by atomic mass is 9.96. The number of rotatable bonds is 8. The molecule has 0 bridgehead atoms. The maximum absolute atomic E-state index is 6.19. The van der Waals surface area contributed by atoms with E-state index in [1.807, 2.05) is 19.2 Å². The van der Waals surface area contributed by atoms with Gasteiger partial charge in [0, 0.05) is 11.1 Å². The zero-order valence-corrected chi connectivity index (χ0v) is 12.7. The molecule has 0 aliphatic rings. The van der Waals surface area contributed by atoms with Gasteiger partial charge in [-0.2, -0.15) is 0 Å². The highest BCUT2D eigenvalue weighted by atomic mass is 35.5. The Balaban J connectivity index is 2.52. The minimum atomic E-state index is 0.435. The molecule has 1 unspecified atom stereocenters. The lowest BCUT2D eigenvalue weighted by Crippen LogP contribution is -2.17. The lowest BCUT2D eigenvalue weighted by molar-refractivity contribution is 0.499. The molecule has 0 heterocycles. The van der Waals surface area contributed by atoms with Crippen LogP contribution in [-0.2, 0) is 0 Å². The van der Waals surface area contributed by atoms with Crippen molar-refractivity contribution in [2.75, 3.05) is 7.05 Å². The van der Waals surface area contributed by atoms with E-state index in [9.17, 15) is 0 Å². The van der Waals surface area contributed by atoms with Gasteiger partial charge in [-0.3, -0.25) is 0 Å². The summed E-state index contributed by atoms with van der Waals surface area (Å²) >= 11 is 6.19. The summed E-state index contributed by atoms with van der Waals surface area (Å²) in [5.74, 6) is 0. The molecule has 0 spiro atoms. The molecular formula is C16H26ClN. The van der Waals surface area contributed by atoms with Crippen LogP contribution in [0.1, 0.15) is 62.6 Å². The van der Waals surface area contributed by atoms with E-state index < -0.39 is 0 Å². The first-order valence-electron chi connectivity index (χ1n) is 7.13. The van der Waals surface area contributed by atoms with Gasteiger partial charge >= 0.3 is 0 Å². The van der Waals surface area contributed by atoms with E-state index in [2.05, 4.69) is 25.2 Å². The van der Waals surface area contributed by atoms with E-state index in [0.717, 1.165) is 5.02 Å². The Morgan fingerprint density at radius 2 is 1.89 bits per heavy atom. The maximum Gasteiger partial charge on any atom is 0.0438 e. The average Bonchev–Trinajstić information content (AvgIpc) is 2.38. The fourth-order valence-electron chi connectivity index (χ4n) is 2.41. The van der Waals surface area contributed by atoms with Crippen LogP contribution in [0.5, 0.6) is 0 Å². The fourth-order valence-corrected chi connectivity index (χ4v) is 2.59. The second-order valence-electron chi connectivity index (χ2n) is 5.00. The van der Waals surface area contributed by atoms with E-state index in [4.69, 9.17) is 11.6 Å². The van der Waals surface area contributed by atoms with Crippen LogP contribution in [0.25, 0.3) is 0 Å². The summed E-state index contributed by atoms with van der Waals surface area (Å²) in [6.07, 6.45) is 7.86. The van der Waals surface area contributed by atoms with Crippen LogP contribution < -0.4 is 5.32 Å². The molecule has 102 valence electrons. The SMILES string of the molecule is CCCCCCCC(NC)c1cccc(Cl)c1C. The molecule has 0 amide bonds. The third kappa shape index (κ3) is 4.62. The largest absolute Gasteiger partial charge is 0.313 e. The van der Waals surface area contributed by atoms with Gasteiger partial charge in [-0.1, -0.05) is 62.8 Å². The Kier molecular flexibility index (Phi) is 7.38. The molecule has 1 aromatic carbocycles. The molecule has 0 aliphatic heterocycles. The molecule has 1 rings (SSSR count). The van der Waals surface area contributed by atoms with Gasteiger partial charge in [0.15, 0.2) is 0 Å². The first-order valence-corrected chi connectivity index (χ1v) is 7.50. The van der Waals surface area contributed by atoms with Crippen LogP contribution >= 0.6 is 11.6 Å². The first kappa shape index (κ1) is 15.5. The molecule has 0 radical (unpaired) electrons. The second kappa shape index (κ2) is 8.55. The topological polar surface area (TPSA) is 12.0 Å². The minimum Gasteiger partial charge on any atom is -0.313 e. The van der Waals surface area contributed by atoms with Crippen molar-refractivity contribution in [1.82, 2.24) is 5.32 Å². The van der Waals surface area contributed by atoms with Gasteiger partial charge in [0.05, 0.1) is 0 Å². The summed E-state index contributed by atoms with van der Waals surface area (Å²) in [5, 5.41) is 4.29. The summed E-state index contributed by atoms with van der Waals surface area (Å²) < 4.78 is 0. The Labute approximate surface area is 117 Å². The molecule has 18 heavy (non-hydrogen) atoms. The van der Waals surface area contributed by atoms with Crippen LogP contribution in [-0.4, -0.2) is 7.05 Å². The number of benzene rings is 1. The van der Waals surface area contributed by atoms with Crippen molar-refractivity contribution in [2.45, 2.75) is 58.4 Å². The first-order chi connectivity index (χ1) is 8.70. The van der Waals surface area contributed by atoms with Crippen molar-refractivity contribution in [2.24, 2.45) is 0 Å². The number of halogens is 1. The van der Waals surface area contributed by atoms with Gasteiger partial charge in [0.25, 0.3) is 0 Å². The molecule has 1 N–H and O–H groups in total. The molecule has 0 saturated heterocycles. The summed E-state index contributed by atoms with van der Waals surface area (Å²) in [6.45, 7) is 4.37. The van der Waals surface area contributed by atoms with Crippen LogP contribution in [0.2, 0.25) is 5.02 Å². The Bertz CT molecular complexity index is 349. The lowest BCUT2D eigenvalue weighted by Gasteiger charge is -2.19. The fraction of sp³-hybridized carbons (Fsp3) is 0.625. The van der Waals surface area contributed by atoms with Crippen molar-refractivity contribution >= 4 is 11.6 Å². The normalized spacial score (nSPS) is 12.7. The van der Waals surface area contributed by atoms with E-state index >= 15 is 0 Å². The van der Waals surface area contributed by atoms with Crippen LogP contribution in [0.15, 0.2) is 18.2 Å². The van der Waals surface area contributed by atoms with E-state index in [-0.39, 0.29) is 0 Å². The van der Waals surface area contributed by atoms with Gasteiger partial charge in [0.1, 0.15) is 0 Å². The zero-order chi connectivity index (χ0) is 13.4. The van der Waals surface area contributed by atoms with Gasteiger partial charge < -0.3 is 5.32 Å². The van der Waals surface area contributed by atoms with Gasteiger partial charge in [0.2, 0.25) is 0 Å². The van der Waals surface area contributed by atoms with Crippen LogP contribution in [0.4, 0.5) is 0 Å². The third-order valence-corrected chi connectivity index (χ3v) is 4.04. The zero-order valence-electron chi connectivity index (χ0n) is 11.9. The van der Waals surface area contributed by atoms with Crippen molar-refractivity contribution < 1.29 is 0 Å². The number of unbranched alkanes of at least 4 members (excludes halogenated alkanes) is 4. The second-order valence-corrected chi connectivity index (χ2v) is 5.41. The van der Waals surface area contributed by atoms with Crippen molar-refractivity contribution in [3.8, 4) is 0 Å². The van der Waals surface area contributed by atoms with Crippen molar-refractivity contribution in [1.29, 1.82) is 0 Å². The maximum atomic E-state index is 6.19. The van der Waals surface area contributed by atoms with Crippen molar-refractivity contribution in [3.63, 3.8) is 0 Å². The Morgan fingerprint density at radius 1 is 1.17 bits per heavy atom. The van der Waals surface area contributed by atoms with Crippen LogP contribution in [0, 0.1) is 6.92 Å². The summed E-state index contributed by atoms with van der Waals surface area (Å²) in [7, 11) is 2.04. The number of nitrogens with one attached hydrogen (secondary N) is 1. The summed E-state index contributed by atoms with van der Waals surface area (Å²) in [5.41, 5.74) is 2.56. The van der Waals surface area contributed by atoms with Gasteiger partial charge in [-0.25, -0.2) is 0 Å². The molecule has 1 nitrogen and oxygen atoms in total. The molecule has 0 fully saturated rings. The Morgan fingerprint density at radius 3 is 2.56 bits per heavy atom. The minimum absolute atomic E-state index is 0.435. The number of hydrogen-bond donors (Lipinski definition) is 1. The predicted octanol–water partition coefficient (Wildman–Crippen LogP) is 5.27. The number of hydrogen-bond acceptors (Lipinski definition) is 1. The molecule has 0 aromatic heterocycles. The highest BCUT2D eigenvalue weighted by molar-refractivity contribution is 6.31. The van der Waals surface area contributed by atoms with E-state index in [1.54, 1.807) is 0 Å². The quantitative estimate of drug-likeness (QED) is 0.633. The monoisotopic (exact) mass is 267 g/mol. The molecule has 2 heteroatoms. The molecule has 0 saturated carbocycles. The smallest absolute Gasteiger partial charge is 0.0438 e. The molecule has 0 aliphatic carbocycles. The highest BCUT2D eigenvalue weighted by Gasteiger charge is 2.12. The third-order valence-electron chi connectivity index (χ3n) is 3.63. The predicted molar refractivity (Wildman–Crippen MR) is 81.4 cm³/mol. The summed E-state index contributed by atoms with van der Waals surface area (Å²) in [4.78, 5) is 0. The molecular weight excluding hydrogens is 242 g/mol.